The number of alkyl halides is 1. The van der Waals surface area contributed by atoms with Gasteiger partial charge in [-0.05, 0) is 24.6 Å². The van der Waals surface area contributed by atoms with E-state index >= 15 is 0 Å². The van der Waals surface area contributed by atoms with Crippen LogP contribution in [0.3, 0.4) is 0 Å². The van der Waals surface area contributed by atoms with E-state index in [4.69, 9.17) is 4.74 Å². The highest BCUT2D eigenvalue weighted by Gasteiger charge is 2.10. The molecule has 0 unspecified atom stereocenters. The monoisotopic (exact) mass is 295 g/mol. The Hall–Kier alpha value is -1.42. The Bertz CT molecular complexity index is 531. The van der Waals surface area contributed by atoms with Crippen LogP contribution < -0.4 is 4.74 Å². The smallest absolute Gasteiger partial charge is 0.223 e. The van der Waals surface area contributed by atoms with E-state index in [2.05, 4.69) is 20.9 Å². The molecule has 0 fully saturated rings. The van der Waals surface area contributed by atoms with Crippen molar-refractivity contribution in [2.45, 2.75) is 12.3 Å². The molecule has 0 aliphatic rings. The predicted molar refractivity (Wildman–Crippen MR) is 68.1 cm³/mol. The second kappa shape index (κ2) is 5.27. The van der Waals surface area contributed by atoms with Crippen LogP contribution in [0.2, 0.25) is 0 Å². The molecule has 17 heavy (non-hydrogen) atoms. The summed E-state index contributed by atoms with van der Waals surface area (Å²) >= 11 is 3.34. The number of aryl methyl sites for hydroxylation is 1. The summed E-state index contributed by atoms with van der Waals surface area (Å²) < 4.78 is 19.3. The van der Waals surface area contributed by atoms with Gasteiger partial charge in [-0.25, -0.2) is 9.37 Å². The Balaban J connectivity index is 2.35. The molecule has 0 amide bonds. The number of nitrogens with zero attached hydrogens (tertiary/aromatic N) is 1. The molecule has 0 atom stereocenters. The number of ether oxygens (including phenoxy) is 1. The van der Waals surface area contributed by atoms with Crippen molar-refractivity contribution < 1.29 is 9.13 Å². The van der Waals surface area contributed by atoms with E-state index in [0.29, 0.717) is 16.8 Å². The molecule has 0 aliphatic heterocycles. The van der Waals surface area contributed by atoms with Gasteiger partial charge in [0, 0.05) is 17.1 Å². The normalized spacial score (nSPS) is 10.3. The molecular weight excluding hydrogens is 285 g/mol. The molecule has 0 aliphatic carbocycles. The van der Waals surface area contributed by atoms with Gasteiger partial charge < -0.3 is 4.74 Å². The number of benzene rings is 1. The Labute approximate surface area is 108 Å². The van der Waals surface area contributed by atoms with Crippen LogP contribution in [0, 0.1) is 12.7 Å². The zero-order chi connectivity index (χ0) is 12.3. The van der Waals surface area contributed by atoms with Crippen LogP contribution in [0.5, 0.6) is 11.6 Å². The quantitative estimate of drug-likeness (QED) is 0.791. The first-order valence-corrected chi connectivity index (χ1v) is 6.27. The van der Waals surface area contributed by atoms with Gasteiger partial charge in [-0.1, -0.05) is 34.1 Å². The number of hydrogen-bond acceptors (Lipinski definition) is 2. The van der Waals surface area contributed by atoms with Crippen LogP contribution >= 0.6 is 15.9 Å². The SMILES string of the molecule is Cc1cccc(Oc2ncccc2CBr)c1F. The highest BCUT2D eigenvalue weighted by atomic mass is 79.9. The van der Waals surface area contributed by atoms with Crippen molar-refractivity contribution in [3.8, 4) is 11.6 Å². The maximum atomic E-state index is 13.8. The fourth-order valence-corrected chi connectivity index (χ4v) is 1.85. The molecule has 0 spiro atoms. The fraction of sp³-hybridized carbons (Fsp3) is 0.154. The highest BCUT2D eigenvalue weighted by Crippen LogP contribution is 2.27. The minimum atomic E-state index is -0.348. The largest absolute Gasteiger partial charge is 0.436 e. The summed E-state index contributed by atoms with van der Waals surface area (Å²) in [5.41, 5.74) is 1.44. The van der Waals surface area contributed by atoms with Crippen LogP contribution in [-0.2, 0) is 5.33 Å². The maximum absolute atomic E-state index is 13.8. The van der Waals surface area contributed by atoms with Crippen LogP contribution in [0.4, 0.5) is 4.39 Å². The molecule has 2 nitrogen and oxygen atoms in total. The van der Waals surface area contributed by atoms with Gasteiger partial charge in [-0.2, -0.15) is 0 Å². The Kier molecular flexibility index (Phi) is 3.74. The molecule has 88 valence electrons. The van der Waals surface area contributed by atoms with Crippen molar-refractivity contribution in [2.24, 2.45) is 0 Å². The van der Waals surface area contributed by atoms with Crippen LogP contribution in [0.1, 0.15) is 11.1 Å². The molecule has 2 aromatic rings. The summed E-state index contributed by atoms with van der Waals surface area (Å²) in [6.07, 6.45) is 1.62. The Morgan fingerprint density at radius 1 is 1.29 bits per heavy atom. The lowest BCUT2D eigenvalue weighted by Gasteiger charge is -2.09. The lowest BCUT2D eigenvalue weighted by atomic mass is 10.2. The first kappa shape index (κ1) is 12.0. The molecule has 1 heterocycles. The average molecular weight is 296 g/mol. The fourth-order valence-electron chi connectivity index (χ4n) is 1.42. The van der Waals surface area contributed by atoms with Gasteiger partial charge in [0.2, 0.25) is 5.88 Å². The van der Waals surface area contributed by atoms with Gasteiger partial charge in [0.25, 0.3) is 0 Å². The molecule has 1 aromatic heterocycles. The van der Waals surface area contributed by atoms with Crippen LogP contribution in [-0.4, -0.2) is 4.98 Å². The number of pyridine rings is 1. The van der Waals surface area contributed by atoms with Crippen molar-refractivity contribution in [1.29, 1.82) is 0 Å². The minimum absolute atomic E-state index is 0.200. The van der Waals surface area contributed by atoms with Gasteiger partial charge in [-0.3, -0.25) is 0 Å². The molecule has 0 saturated heterocycles. The third-order valence-electron chi connectivity index (χ3n) is 2.36. The van der Waals surface area contributed by atoms with Gasteiger partial charge in [0.1, 0.15) is 0 Å². The zero-order valence-electron chi connectivity index (χ0n) is 9.28. The van der Waals surface area contributed by atoms with Crippen molar-refractivity contribution in [3.63, 3.8) is 0 Å². The number of halogens is 2. The first-order valence-electron chi connectivity index (χ1n) is 5.15. The van der Waals surface area contributed by atoms with E-state index in [1.165, 1.54) is 0 Å². The summed E-state index contributed by atoms with van der Waals surface area (Å²) in [5, 5.41) is 0.615. The van der Waals surface area contributed by atoms with Crippen molar-refractivity contribution in [1.82, 2.24) is 4.98 Å². The Morgan fingerprint density at radius 3 is 2.88 bits per heavy atom. The van der Waals surface area contributed by atoms with E-state index in [-0.39, 0.29) is 11.6 Å². The molecule has 2 rings (SSSR count). The number of rotatable bonds is 3. The molecule has 0 bridgehead atoms. The first-order chi connectivity index (χ1) is 8.22. The van der Waals surface area contributed by atoms with E-state index in [1.54, 1.807) is 31.3 Å². The van der Waals surface area contributed by atoms with Crippen LogP contribution in [0.25, 0.3) is 0 Å². The summed E-state index contributed by atoms with van der Waals surface area (Å²) in [5.74, 6) is 0.276. The zero-order valence-corrected chi connectivity index (χ0v) is 10.9. The molecule has 0 saturated carbocycles. The lowest BCUT2D eigenvalue weighted by molar-refractivity contribution is 0.422. The van der Waals surface area contributed by atoms with E-state index in [0.717, 1.165) is 5.56 Å². The molecule has 0 N–H and O–H groups in total. The predicted octanol–water partition coefficient (Wildman–Crippen LogP) is 4.22. The van der Waals surface area contributed by atoms with Crippen molar-refractivity contribution in [2.75, 3.05) is 0 Å². The Morgan fingerprint density at radius 2 is 2.12 bits per heavy atom. The van der Waals surface area contributed by atoms with Crippen LogP contribution in [0.15, 0.2) is 36.5 Å². The second-order valence-electron chi connectivity index (χ2n) is 3.59. The average Bonchev–Trinajstić information content (AvgIpc) is 2.35. The van der Waals surface area contributed by atoms with E-state index in [1.807, 2.05) is 12.1 Å². The van der Waals surface area contributed by atoms with Crippen molar-refractivity contribution in [3.05, 3.63) is 53.5 Å². The number of aromatic nitrogens is 1. The third-order valence-corrected chi connectivity index (χ3v) is 2.96. The standard InChI is InChI=1S/C13H11BrFNO/c1-9-4-2-6-11(12(9)15)17-13-10(8-14)5-3-7-16-13/h2-7H,8H2,1H3. The molecule has 1 aromatic carbocycles. The summed E-state index contributed by atoms with van der Waals surface area (Å²) in [6.45, 7) is 1.70. The topological polar surface area (TPSA) is 22.1 Å². The van der Waals surface area contributed by atoms with Gasteiger partial charge in [0.05, 0.1) is 0 Å². The highest BCUT2D eigenvalue weighted by molar-refractivity contribution is 9.08. The second-order valence-corrected chi connectivity index (χ2v) is 4.15. The maximum Gasteiger partial charge on any atom is 0.223 e. The van der Waals surface area contributed by atoms with Gasteiger partial charge >= 0.3 is 0 Å². The molecular formula is C13H11BrFNO. The molecule has 0 radical (unpaired) electrons. The van der Waals surface area contributed by atoms with Gasteiger partial charge in [0.15, 0.2) is 11.6 Å². The summed E-state index contributed by atoms with van der Waals surface area (Å²) in [6, 6.07) is 8.74. The van der Waals surface area contributed by atoms with Gasteiger partial charge in [-0.15, -0.1) is 0 Å². The lowest BCUT2D eigenvalue weighted by Crippen LogP contribution is -1.95. The third kappa shape index (κ3) is 2.64. The van der Waals surface area contributed by atoms with E-state index in [9.17, 15) is 4.39 Å². The number of hydrogen-bond donors (Lipinski definition) is 0. The minimum Gasteiger partial charge on any atom is -0.436 e. The molecule has 4 heteroatoms. The van der Waals surface area contributed by atoms with E-state index < -0.39 is 0 Å². The summed E-state index contributed by atoms with van der Waals surface area (Å²) in [4.78, 5) is 4.10. The summed E-state index contributed by atoms with van der Waals surface area (Å²) in [7, 11) is 0. The van der Waals surface area contributed by atoms with Crippen molar-refractivity contribution >= 4 is 15.9 Å².